The molecule has 1 aromatic heterocycles. The van der Waals surface area contributed by atoms with Crippen LogP contribution in [0.15, 0.2) is 42.6 Å². The van der Waals surface area contributed by atoms with Gasteiger partial charge in [0.1, 0.15) is 11.8 Å². The van der Waals surface area contributed by atoms with Gasteiger partial charge in [0.15, 0.2) is 0 Å². The standard InChI is InChI=1S/C16H18N4/c1-19(2)15-6-4-5-13(9-15)12-20(3)16-8-7-14(10-17)18-11-16/h4-9,11H,12H2,1-3H3. The van der Waals surface area contributed by atoms with Gasteiger partial charge >= 0.3 is 0 Å². The van der Waals surface area contributed by atoms with Gasteiger partial charge in [-0.15, -0.1) is 0 Å². The van der Waals surface area contributed by atoms with Crippen molar-refractivity contribution >= 4 is 11.4 Å². The first-order valence-electron chi connectivity index (χ1n) is 6.43. The summed E-state index contributed by atoms with van der Waals surface area (Å²) in [5.41, 5.74) is 3.87. The van der Waals surface area contributed by atoms with E-state index in [4.69, 9.17) is 5.26 Å². The highest BCUT2D eigenvalue weighted by Gasteiger charge is 2.04. The molecule has 0 aliphatic heterocycles. The van der Waals surface area contributed by atoms with Crippen molar-refractivity contribution in [1.82, 2.24) is 4.98 Å². The first-order valence-corrected chi connectivity index (χ1v) is 6.43. The minimum atomic E-state index is 0.441. The van der Waals surface area contributed by atoms with Crippen LogP contribution >= 0.6 is 0 Å². The molecule has 0 unspecified atom stereocenters. The zero-order valence-corrected chi connectivity index (χ0v) is 12.0. The Hall–Kier alpha value is -2.54. The van der Waals surface area contributed by atoms with Crippen LogP contribution in [0.5, 0.6) is 0 Å². The number of nitrogens with zero attached hydrogens (tertiary/aromatic N) is 4. The lowest BCUT2D eigenvalue weighted by molar-refractivity contribution is 0.915. The highest BCUT2D eigenvalue weighted by molar-refractivity contribution is 5.50. The van der Waals surface area contributed by atoms with E-state index in [-0.39, 0.29) is 0 Å². The highest BCUT2D eigenvalue weighted by Crippen LogP contribution is 2.18. The Balaban J connectivity index is 2.12. The fourth-order valence-corrected chi connectivity index (χ4v) is 1.98. The van der Waals surface area contributed by atoms with Crippen LogP contribution in [0.4, 0.5) is 11.4 Å². The summed E-state index contributed by atoms with van der Waals surface area (Å²) in [5, 5.41) is 8.75. The van der Waals surface area contributed by atoms with Crippen molar-refractivity contribution < 1.29 is 0 Å². The van der Waals surface area contributed by atoms with E-state index in [0.29, 0.717) is 5.69 Å². The smallest absolute Gasteiger partial charge is 0.140 e. The third-order valence-electron chi connectivity index (χ3n) is 3.15. The quantitative estimate of drug-likeness (QED) is 0.853. The summed E-state index contributed by atoms with van der Waals surface area (Å²) in [6.07, 6.45) is 1.73. The summed E-state index contributed by atoms with van der Waals surface area (Å²) in [4.78, 5) is 8.30. The van der Waals surface area contributed by atoms with Crippen molar-refractivity contribution in [3.8, 4) is 6.07 Å². The molecular weight excluding hydrogens is 248 g/mol. The molecule has 0 spiro atoms. The van der Waals surface area contributed by atoms with Gasteiger partial charge in [-0.1, -0.05) is 12.1 Å². The Bertz CT molecular complexity index is 611. The molecule has 0 bridgehead atoms. The van der Waals surface area contributed by atoms with Crippen molar-refractivity contribution in [2.45, 2.75) is 6.54 Å². The second-order valence-electron chi connectivity index (χ2n) is 4.93. The molecule has 4 heteroatoms. The number of nitriles is 1. The zero-order valence-electron chi connectivity index (χ0n) is 12.0. The minimum Gasteiger partial charge on any atom is -0.378 e. The maximum atomic E-state index is 8.75. The van der Waals surface area contributed by atoms with E-state index in [1.807, 2.05) is 33.3 Å². The number of benzene rings is 1. The van der Waals surface area contributed by atoms with E-state index in [9.17, 15) is 0 Å². The lowest BCUT2D eigenvalue weighted by atomic mass is 10.1. The van der Waals surface area contributed by atoms with Gasteiger partial charge in [0.05, 0.1) is 11.9 Å². The summed E-state index contributed by atoms with van der Waals surface area (Å²) in [7, 11) is 6.09. The van der Waals surface area contributed by atoms with E-state index in [2.05, 4.69) is 39.0 Å². The van der Waals surface area contributed by atoms with Gasteiger partial charge < -0.3 is 9.80 Å². The topological polar surface area (TPSA) is 43.2 Å². The molecule has 4 nitrogen and oxygen atoms in total. The molecule has 0 N–H and O–H groups in total. The third-order valence-corrected chi connectivity index (χ3v) is 3.15. The number of aromatic nitrogens is 1. The Morgan fingerprint density at radius 3 is 2.50 bits per heavy atom. The fourth-order valence-electron chi connectivity index (χ4n) is 1.98. The molecule has 0 aliphatic carbocycles. The Kier molecular flexibility index (Phi) is 4.21. The largest absolute Gasteiger partial charge is 0.378 e. The molecule has 1 aromatic carbocycles. The van der Waals surface area contributed by atoms with Crippen LogP contribution in [0.25, 0.3) is 0 Å². The summed E-state index contributed by atoms with van der Waals surface area (Å²) in [6.45, 7) is 0.801. The summed E-state index contributed by atoms with van der Waals surface area (Å²) in [6, 6.07) is 14.1. The molecular formula is C16H18N4. The first-order chi connectivity index (χ1) is 9.60. The Labute approximate surface area is 119 Å². The summed E-state index contributed by atoms with van der Waals surface area (Å²) in [5.74, 6) is 0. The molecule has 1 heterocycles. The normalized spacial score (nSPS) is 9.90. The van der Waals surface area contributed by atoms with Crippen LogP contribution in [-0.4, -0.2) is 26.1 Å². The van der Waals surface area contributed by atoms with E-state index >= 15 is 0 Å². The van der Waals surface area contributed by atoms with Gasteiger partial charge in [-0.05, 0) is 29.8 Å². The number of anilines is 2. The predicted molar refractivity (Wildman–Crippen MR) is 81.8 cm³/mol. The second kappa shape index (κ2) is 6.07. The van der Waals surface area contributed by atoms with Crippen LogP contribution in [-0.2, 0) is 6.54 Å². The predicted octanol–water partition coefficient (Wildman–Crippen LogP) is 2.66. The SMILES string of the molecule is CN(C)c1cccc(CN(C)c2ccc(C#N)nc2)c1. The highest BCUT2D eigenvalue weighted by atomic mass is 15.1. The molecule has 0 aliphatic rings. The van der Waals surface area contributed by atoms with Crippen LogP contribution in [0.1, 0.15) is 11.3 Å². The lowest BCUT2D eigenvalue weighted by Crippen LogP contribution is -2.17. The Morgan fingerprint density at radius 2 is 1.90 bits per heavy atom. The number of hydrogen-bond donors (Lipinski definition) is 0. The van der Waals surface area contributed by atoms with E-state index in [1.165, 1.54) is 11.3 Å². The molecule has 102 valence electrons. The molecule has 0 radical (unpaired) electrons. The van der Waals surface area contributed by atoms with Crippen LogP contribution in [0, 0.1) is 11.3 Å². The molecule has 0 fully saturated rings. The van der Waals surface area contributed by atoms with Crippen LogP contribution in [0.3, 0.4) is 0 Å². The van der Waals surface area contributed by atoms with E-state index in [0.717, 1.165) is 12.2 Å². The van der Waals surface area contributed by atoms with Crippen molar-refractivity contribution in [3.05, 3.63) is 53.9 Å². The number of rotatable bonds is 4. The first kappa shape index (κ1) is 13.9. The minimum absolute atomic E-state index is 0.441. The van der Waals surface area contributed by atoms with Crippen LogP contribution < -0.4 is 9.80 Å². The fraction of sp³-hybridized carbons (Fsp3) is 0.250. The van der Waals surface area contributed by atoms with Crippen molar-refractivity contribution in [1.29, 1.82) is 5.26 Å². The maximum absolute atomic E-state index is 8.75. The van der Waals surface area contributed by atoms with E-state index < -0.39 is 0 Å². The molecule has 0 amide bonds. The molecule has 20 heavy (non-hydrogen) atoms. The van der Waals surface area contributed by atoms with Gasteiger partial charge in [0.25, 0.3) is 0 Å². The third kappa shape index (κ3) is 3.27. The lowest BCUT2D eigenvalue weighted by Gasteiger charge is -2.20. The van der Waals surface area contributed by atoms with Gasteiger partial charge in [-0.3, -0.25) is 0 Å². The van der Waals surface area contributed by atoms with Gasteiger partial charge in [0.2, 0.25) is 0 Å². The van der Waals surface area contributed by atoms with Crippen molar-refractivity contribution in [2.75, 3.05) is 30.9 Å². The average Bonchev–Trinajstić information content (AvgIpc) is 2.47. The molecule has 0 saturated heterocycles. The summed E-state index contributed by atoms with van der Waals surface area (Å²) >= 11 is 0. The van der Waals surface area contributed by atoms with Crippen molar-refractivity contribution in [2.24, 2.45) is 0 Å². The molecule has 2 aromatic rings. The van der Waals surface area contributed by atoms with E-state index in [1.54, 1.807) is 12.3 Å². The summed E-state index contributed by atoms with van der Waals surface area (Å²) < 4.78 is 0. The number of hydrogen-bond acceptors (Lipinski definition) is 4. The zero-order chi connectivity index (χ0) is 14.5. The van der Waals surface area contributed by atoms with Gasteiger partial charge in [-0.25, -0.2) is 4.98 Å². The monoisotopic (exact) mass is 266 g/mol. The molecule has 0 saturated carbocycles. The van der Waals surface area contributed by atoms with Crippen molar-refractivity contribution in [3.63, 3.8) is 0 Å². The Morgan fingerprint density at radius 1 is 1.10 bits per heavy atom. The molecule has 0 atom stereocenters. The average molecular weight is 266 g/mol. The maximum Gasteiger partial charge on any atom is 0.140 e. The second-order valence-corrected chi connectivity index (χ2v) is 4.93. The molecule has 2 rings (SSSR count). The van der Waals surface area contributed by atoms with Gasteiger partial charge in [0, 0.05) is 33.4 Å². The van der Waals surface area contributed by atoms with Crippen LogP contribution in [0.2, 0.25) is 0 Å². The number of pyridine rings is 1. The van der Waals surface area contributed by atoms with Gasteiger partial charge in [-0.2, -0.15) is 5.26 Å².